The summed E-state index contributed by atoms with van der Waals surface area (Å²) in [6.07, 6.45) is 2.32. The van der Waals surface area contributed by atoms with Gasteiger partial charge < -0.3 is 4.74 Å². The van der Waals surface area contributed by atoms with Crippen LogP contribution in [0.15, 0.2) is 54.2 Å². The van der Waals surface area contributed by atoms with Crippen molar-refractivity contribution in [1.82, 2.24) is 15.0 Å². The number of thiazole rings is 1. The lowest BCUT2D eigenvalue weighted by Gasteiger charge is -2.15. The Bertz CT molecular complexity index is 1310. The second kappa shape index (κ2) is 9.60. The van der Waals surface area contributed by atoms with Gasteiger partial charge in [0.15, 0.2) is 11.2 Å². The smallest absolute Gasteiger partial charge is 0.341 e. The van der Waals surface area contributed by atoms with Gasteiger partial charge in [0.25, 0.3) is 5.91 Å². The average molecular weight is 487 g/mol. The monoisotopic (exact) mass is 486 g/mol. The molecule has 1 atom stereocenters. The van der Waals surface area contributed by atoms with Crippen molar-refractivity contribution in [3.8, 4) is 11.3 Å². The summed E-state index contributed by atoms with van der Waals surface area (Å²) in [7, 11) is 0. The molecule has 0 spiro atoms. The Balaban J connectivity index is 1.47. The molecule has 0 aliphatic rings. The van der Waals surface area contributed by atoms with Crippen LogP contribution in [0.5, 0.6) is 0 Å². The molecular formula is C22H16Cl2N4O3S. The molecule has 2 heterocycles. The van der Waals surface area contributed by atoms with Gasteiger partial charge in [-0.05, 0) is 36.8 Å². The number of hydrogen-bond acceptors (Lipinski definition) is 7. The summed E-state index contributed by atoms with van der Waals surface area (Å²) >= 11 is 13.4. The SMILES string of the molecule is CCC(OC(=O)c1cccc2nccnc12)C(=O)Nc1nc(-c2ccc(Cl)cc2Cl)cs1. The van der Waals surface area contributed by atoms with Crippen LogP contribution >= 0.6 is 34.5 Å². The summed E-state index contributed by atoms with van der Waals surface area (Å²) in [5.74, 6) is -1.12. The number of ether oxygens (including phenoxy) is 1. The topological polar surface area (TPSA) is 94.1 Å². The van der Waals surface area contributed by atoms with E-state index in [1.165, 1.54) is 17.5 Å². The van der Waals surface area contributed by atoms with Gasteiger partial charge in [0.2, 0.25) is 0 Å². The maximum atomic E-state index is 12.7. The first-order valence-electron chi connectivity index (χ1n) is 9.58. The van der Waals surface area contributed by atoms with Gasteiger partial charge >= 0.3 is 5.97 Å². The minimum atomic E-state index is -0.999. The number of rotatable bonds is 6. The first-order chi connectivity index (χ1) is 15.5. The van der Waals surface area contributed by atoms with E-state index >= 15 is 0 Å². The highest BCUT2D eigenvalue weighted by Crippen LogP contribution is 2.32. The zero-order chi connectivity index (χ0) is 22.7. The third-order valence-electron chi connectivity index (χ3n) is 4.57. The molecule has 10 heteroatoms. The van der Waals surface area contributed by atoms with Crippen LogP contribution < -0.4 is 5.32 Å². The van der Waals surface area contributed by atoms with Gasteiger partial charge in [0.1, 0.15) is 5.52 Å². The number of hydrogen-bond donors (Lipinski definition) is 1. The number of carbonyl (C=O) groups excluding carboxylic acids is 2. The van der Waals surface area contributed by atoms with Crippen LogP contribution in [-0.2, 0) is 9.53 Å². The van der Waals surface area contributed by atoms with Crippen LogP contribution in [0.4, 0.5) is 5.13 Å². The van der Waals surface area contributed by atoms with Crippen molar-refractivity contribution in [3.63, 3.8) is 0 Å². The lowest BCUT2D eigenvalue weighted by atomic mass is 10.1. The molecule has 1 amide bonds. The van der Waals surface area contributed by atoms with Crippen molar-refractivity contribution < 1.29 is 14.3 Å². The molecule has 32 heavy (non-hydrogen) atoms. The van der Waals surface area contributed by atoms with Gasteiger partial charge in [0, 0.05) is 28.4 Å². The molecule has 4 aromatic rings. The van der Waals surface area contributed by atoms with Crippen LogP contribution in [0, 0.1) is 0 Å². The second-order valence-corrected chi connectivity index (χ2v) is 8.38. The number of nitrogens with zero attached hydrogens (tertiary/aromatic N) is 3. The molecule has 2 aromatic carbocycles. The number of halogens is 2. The molecule has 0 bridgehead atoms. The molecule has 1 N–H and O–H groups in total. The maximum Gasteiger partial charge on any atom is 0.341 e. The predicted molar refractivity (Wildman–Crippen MR) is 125 cm³/mol. The van der Waals surface area contributed by atoms with Gasteiger partial charge in [-0.15, -0.1) is 11.3 Å². The van der Waals surface area contributed by atoms with Gasteiger partial charge in [-0.25, -0.2) is 9.78 Å². The first-order valence-corrected chi connectivity index (χ1v) is 11.2. The van der Waals surface area contributed by atoms with Gasteiger partial charge in [0.05, 0.1) is 21.8 Å². The second-order valence-electron chi connectivity index (χ2n) is 6.68. The number of anilines is 1. The summed E-state index contributed by atoms with van der Waals surface area (Å²) in [6.45, 7) is 1.75. The van der Waals surface area contributed by atoms with E-state index in [0.717, 1.165) is 0 Å². The third-order valence-corrected chi connectivity index (χ3v) is 5.88. The number of fused-ring (bicyclic) bond motifs is 1. The Kier molecular flexibility index (Phi) is 6.64. The zero-order valence-corrected chi connectivity index (χ0v) is 19.0. The maximum absolute atomic E-state index is 12.7. The third kappa shape index (κ3) is 4.72. The lowest BCUT2D eigenvalue weighted by Crippen LogP contribution is -2.32. The Hall–Kier alpha value is -3.07. The molecule has 0 radical (unpaired) electrons. The fraction of sp³-hybridized carbons (Fsp3) is 0.136. The quantitative estimate of drug-likeness (QED) is 0.354. The van der Waals surface area contributed by atoms with E-state index in [2.05, 4.69) is 20.3 Å². The van der Waals surface area contributed by atoms with E-state index in [1.807, 2.05) is 0 Å². The summed E-state index contributed by atoms with van der Waals surface area (Å²) < 4.78 is 5.47. The Labute approximate surface area is 197 Å². The number of carbonyl (C=O) groups is 2. The van der Waals surface area contributed by atoms with Crippen LogP contribution in [0.3, 0.4) is 0 Å². The minimum absolute atomic E-state index is 0.246. The molecule has 4 rings (SSSR count). The van der Waals surface area contributed by atoms with Gasteiger partial charge in [-0.2, -0.15) is 0 Å². The largest absolute Gasteiger partial charge is 0.449 e. The Morgan fingerprint density at radius 3 is 2.75 bits per heavy atom. The number of nitrogens with one attached hydrogen (secondary N) is 1. The molecule has 7 nitrogen and oxygen atoms in total. The first kappa shape index (κ1) is 22.1. The van der Waals surface area contributed by atoms with Crippen LogP contribution in [0.25, 0.3) is 22.3 Å². The number of esters is 1. The molecule has 162 valence electrons. The van der Waals surface area contributed by atoms with E-state index < -0.39 is 18.0 Å². The molecule has 2 aromatic heterocycles. The summed E-state index contributed by atoms with van der Waals surface area (Å²) in [5, 5.41) is 5.81. The number of amides is 1. The summed E-state index contributed by atoms with van der Waals surface area (Å²) in [4.78, 5) is 38.3. The summed E-state index contributed by atoms with van der Waals surface area (Å²) in [5.41, 5.74) is 2.53. The van der Waals surface area contributed by atoms with Crippen molar-refractivity contribution in [2.75, 3.05) is 5.32 Å². The van der Waals surface area contributed by atoms with Crippen molar-refractivity contribution in [2.24, 2.45) is 0 Å². The highest BCUT2D eigenvalue weighted by Gasteiger charge is 2.24. The van der Waals surface area contributed by atoms with Crippen molar-refractivity contribution in [2.45, 2.75) is 19.4 Å². The molecule has 0 saturated heterocycles. The Morgan fingerprint density at radius 1 is 1.16 bits per heavy atom. The predicted octanol–water partition coefficient (Wildman–Crippen LogP) is 5.63. The molecular weight excluding hydrogens is 471 g/mol. The highest BCUT2D eigenvalue weighted by atomic mass is 35.5. The fourth-order valence-electron chi connectivity index (χ4n) is 3.01. The minimum Gasteiger partial charge on any atom is -0.449 e. The summed E-state index contributed by atoms with van der Waals surface area (Å²) in [6, 6.07) is 10.1. The van der Waals surface area contributed by atoms with E-state index in [-0.39, 0.29) is 12.0 Å². The standard InChI is InChI=1S/C22H16Cl2N4O3S/c1-2-18(31-21(30)14-4-3-5-16-19(14)26-9-8-25-16)20(29)28-22-27-17(11-32-22)13-7-6-12(23)10-15(13)24/h3-11,18H,2H2,1H3,(H,27,28,29). The van der Waals surface area contributed by atoms with Crippen molar-refractivity contribution >= 4 is 62.6 Å². The van der Waals surface area contributed by atoms with Gasteiger partial charge in [-0.3, -0.25) is 20.1 Å². The Morgan fingerprint density at radius 2 is 1.97 bits per heavy atom. The van der Waals surface area contributed by atoms with Crippen LogP contribution in [0.2, 0.25) is 10.0 Å². The van der Waals surface area contributed by atoms with Crippen molar-refractivity contribution in [1.29, 1.82) is 0 Å². The number of aromatic nitrogens is 3. The fourth-order valence-corrected chi connectivity index (χ4v) is 4.23. The van der Waals surface area contributed by atoms with E-state index in [9.17, 15) is 9.59 Å². The number of benzene rings is 2. The lowest BCUT2D eigenvalue weighted by molar-refractivity contribution is -0.124. The normalized spacial score (nSPS) is 11.8. The zero-order valence-electron chi connectivity index (χ0n) is 16.7. The molecule has 0 fully saturated rings. The number of para-hydroxylation sites is 1. The molecule has 0 aliphatic heterocycles. The van der Waals surface area contributed by atoms with E-state index in [0.29, 0.717) is 37.5 Å². The average Bonchev–Trinajstić information content (AvgIpc) is 3.24. The van der Waals surface area contributed by atoms with E-state index in [4.69, 9.17) is 27.9 Å². The van der Waals surface area contributed by atoms with Gasteiger partial charge in [-0.1, -0.05) is 36.2 Å². The molecule has 0 saturated carbocycles. The van der Waals surface area contributed by atoms with Crippen LogP contribution in [-0.4, -0.2) is 32.9 Å². The molecule has 1 unspecified atom stereocenters. The van der Waals surface area contributed by atoms with Crippen LogP contribution in [0.1, 0.15) is 23.7 Å². The van der Waals surface area contributed by atoms with E-state index in [1.54, 1.807) is 54.9 Å². The highest BCUT2D eigenvalue weighted by molar-refractivity contribution is 7.14. The van der Waals surface area contributed by atoms with Crippen molar-refractivity contribution in [3.05, 3.63) is 69.8 Å². The molecule has 0 aliphatic carbocycles.